The molecule has 0 unspecified atom stereocenters. The first-order chi connectivity index (χ1) is 7.81. The molecule has 0 atom stereocenters. The number of ether oxygens (including phenoxy) is 1. The third-order valence-corrected chi connectivity index (χ3v) is 3.91. The van der Waals surface area contributed by atoms with Crippen LogP contribution in [0.3, 0.4) is 0 Å². The molecule has 0 aromatic rings. The van der Waals surface area contributed by atoms with Crippen LogP contribution in [0.1, 0.15) is 46.5 Å². The number of hydrogen-bond acceptors (Lipinski definition) is 3. The van der Waals surface area contributed by atoms with Crippen molar-refractivity contribution in [2.75, 3.05) is 12.8 Å². The molecule has 102 valence electrons. The van der Waals surface area contributed by atoms with Gasteiger partial charge < -0.3 is 14.5 Å². The van der Waals surface area contributed by atoms with Gasteiger partial charge in [-0.15, -0.1) is 0 Å². The molecule has 0 fully saturated rings. The number of carbonyl (C=O) groups is 1. The molecule has 0 aliphatic carbocycles. The lowest BCUT2D eigenvalue weighted by atomic mass is 9.80. The first-order valence-electron chi connectivity index (χ1n) is 6.03. The van der Waals surface area contributed by atoms with Crippen LogP contribution in [0, 0.1) is 5.41 Å². The summed E-state index contributed by atoms with van der Waals surface area (Å²) in [6.07, 6.45) is 1.72. The van der Waals surface area contributed by atoms with Crippen LogP contribution < -0.4 is 0 Å². The maximum absolute atomic E-state index is 11.9. The molecule has 0 aliphatic rings. The number of hydrogen-bond donors (Lipinski definition) is 2. The molecule has 0 saturated heterocycles. The Labute approximate surface area is 103 Å². The van der Waals surface area contributed by atoms with Crippen LogP contribution in [0.15, 0.2) is 0 Å². The van der Waals surface area contributed by atoms with Crippen molar-refractivity contribution in [1.82, 2.24) is 0 Å². The van der Waals surface area contributed by atoms with Crippen LogP contribution in [-0.4, -0.2) is 28.5 Å². The Bertz CT molecular complexity index is 280. The SMILES string of the molecule is CCCOC(=O)C(CC)(CC)CCP(=O)(O)O. The van der Waals surface area contributed by atoms with E-state index in [1.165, 1.54) is 0 Å². The molecule has 0 aromatic heterocycles. The molecule has 0 spiro atoms. The molecular weight excluding hydrogens is 243 g/mol. The number of carbonyl (C=O) groups excluding carboxylic acids is 1. The average Bonchev–Trinajstić information content (AvgIpc) is 2.27. The normalized spacial score (nSPS) is 12.5. The maximum atomic E-state index is 11.9. The maximum Gasteiger partial charge on any atom is 0.325 e. The van der Waals surface area contributed by atoms with E-state index >= 15 is 0 Å². The summed E-state index contributed by atoms with van der Waals surface area (Å²) in [5.74, 6) is -0.335. The fourth-order valence-electron chi connectivity index (χ4n) is 1.70. The molecular formula is C11H23O5P. The molecule has 17 heavy (non-hydrogen) atoms. The van der Waals surface area contributed by atoms with Crippen molar-refractivity contribution in [3.63, 3.8) is 0 Å². The highest BCUT2D eigenvalue weighted by Gasteiger charge is 2.37. The predicted molar refractivity (Wildman–Crippen MR) is 65.8 cm³/mol. The van der Waals surface area contributed by atoms with Gasteiger partial charge in [0.2, 0.25) is 0 Å². The van der Waals surface area contributed by atoms with E-state index in [4.69, 9.17) is 14.5 Å². The Balaban J connectivity index is 4.65. The first kappa shape index (κ1) is 16.6. The van der Waals surface area contributed by atoms with Gasteiger partial charge in [-0.3, -0.25) is 9.36 Å². The van der Waals surface area contributed by atoms with Crippen LogP contribution in [-0.2, 0) is 14.1 Å². The minimum atomic E-state index is -4.06. The Kier molecular flexibility index (Phi) is 6.98. The lowest BCUT2D eigenvalue weighted by molar-refractivity contribution is -0.156. The van der Waals surface area contributed by atoms with Gasteiger partial charge in [0.25, 0.3) is 0 Å². The molecule has 0 bridgehead atoms. The second kappa shape index (κ2) is 7.14. The van der Waals surface area contributed by atoms with E-state index in [0.29, 0.717) is 19.4 Å². The zero-order valence-electron chi connectivity index (χ0n) is 10.8. The smallest absolute Gasteiger partial charge is 0.325 e. The monoisotopic (exact) mass is 266 g/mol. The minimum Gasteiger partial charge on any atom is -0.465 e. The largest absolute Gasteiger partial charge is 0.465 e. The number of esters is 1. The van der Waals surface area contributed by atoms with E-state index in [1.807, 2.05) is 20.8 Å². The second-order valence-corrected chi connectivity index (χ2v) is 6.04. The highest BCUT2D eigenvalue weighted by molar-refractivity contribution is 7.51. The van der Waals surface area contributed by atoms with Crippen LogP contribution >= 0.6 is 7.60 Å². The zero-order chi connectivity index (χ0) is 13.5. The fraction of sp³-hybridized carbons (Fsp3) is 0.909. The van der Waals surface area contributed by atoms with Crippen LogP contribution in [0.2, 0.25) is 0 Å². The van der Waals surface area contributed by atoms with Gasteiger partial charge in [-0.25, -0.2) is 0 Å². The predicted octanol–water partition coefficient (Wildman–Crippen LogP) is 2.31. The molecule has 0 radical (unpaired) electrons. The Morgan fingerprint density at radius 2 is 1.76 bits per heavy atom. The summed E-state index contributed by atoms with van der Waals surface area (Å²) in [4.78, 5) is 29.7. The van der Waals surface area contributed by atoms with Crippen molar-refractivity contribution >= 4 is 13.6 Å². The molecule has 0 aliphatic heterocycles. The lowest BCUT2D eigenvalue weighted by Gasteiger charge is -2.29. The van der Waals surface area contributed by atoms with Crippen molar-refractivity contribution in [3.8, 4) is 0 Å². The van der Waals surface area contributed by atoms with Crippen molar-refractivity contribution in [2.24, 2.45) is 5.41 Å². The number of rotatable bonds is 8. The molecule has 0 amide bonds. The molecule has 6 heteroatoms. The third kappa shape index (κ3) is 5.66. The summed E-state index contributed by atoms with van der Waals surface area (Å²) in [5.41, 5.74) is -0.754. The van der Waals surface area contributed by atoms with Gasteiger partial charge in [-0.05, 0) is 25.7 Å². The van der Waals surface area contributed by atoms with E-state index in [2.05, 4.69) is 0 Å². The standard InChI is InChI=1S/C11H23O5P/c1-4-8-16-10(12)11(5-2,6-3)7-9-17(13,14)15/h4-9H2,1-3H3,(H2,13,14,15). The average molecular weight is 266 g/mol. The summed E-state index contributed by atoms with van der Waals surface area (Å²) in [6, 6.07) is 0. The Morgan fingerprint density at radius 1 is 1.24 bits per heavy atom. The molecule has 0 saturated carbocycles. The summed E-state index contributed by atoms with van der Waals surface area (Å²) >= 11 is 0. The van der Waals surface area contributed by atoms with E-state index in [-0.39, 0.29) is 18.6 Å². The molecule has 2 N–H and O–H groups in total. The van der Waals surface area contributed by atoms with Gasteiger partial charge in [0.05, 0.1) is 18.2 Å². The van der Waals surface area contributed by atoms with Gasteiger partial charge in [-0.2, -0.15) is 0 Å². The van der Waals surface area contributed by atoms with Gasteiger partial charge in [0.15, 0.2) is 0 Å². The Hall–Kier alpha value is -0.380. The van der Waals surface area contributed by atoms with E-state index in [9.17, 15) is 9.36 Å². The minimum absolute atomic E-state index is 0.173. The van der Waals surface area contributed by atoms with Gasteiger partial charge in [0.1, 0.15) is 0 Å². The molecule has 0 rings (SSSR count). The van der Waals surface area contributed by atoms with Crippen molar-refractivity contribution < 1.29 is 23.9 Å². The first-order valence-corrected chi connectivity index (χ1v) is 7.83. The van der Waals surface area contributed by atoms with Crippen molar-refractivity contribution in [2.45, 2.75) is 46.5 Å². The fourth-order valence-corrected chi connectivity index (χ4v) is 2.42. The van der Waals surface area contributed by atoms with Gasteiger partial charge >= 0.3 is 13.6 Å². The van der Waals surface area contributed by atoms with E-state index in [0.717, 1.165) is 6.42 Å². The quantitative estimate of drug-likeness (QED) is 0.520. The zero-order valence-corrected chi connectivity index (χ0v) is 11.7. The third-order valence-electron chi connectivity index (χ3n) is 3.11. The summed E-state index contributed by atoms with van der Waals surface area (Å²) in [7, 11) is -4.06. The van der Waals surface area contributed by atoms with E-state index in [1.54, 1.807) is 0 Å². The van der Waals surface area contributed by atoms with Gasteiger partial charge in [-0.1, -0.05) is 20.8 Å². The van der Waals surface area contributed by atoms with E-state index < -0.39 is 13.0 Å². The van der Waals surface area contributed by atoms with Crippen LogP contribution in [0.5, 0.6) is 0 Å². The summed E-state index contributed by atoms with van der Waals surface area (Å²) in [5, 5.41) is 0. The van der Waals surface area contributed by atoms with Crippen LogP contribution in [0.4, 0.5) is 0 Å². The topological polar surface area (TPSA) is 83.8 Å². The molecule has 0 aromatic carbocycles. The van der Waals surface area contributed by atoms with Crippen LogP contribution in [0.25, 0.3) is 0 Å². The lowest BCUT2D eigenvalue weighted by Crippen LogP contribution is -2.33. The Morgan fingerprint density at radius 3 is 2.12 bits per heavy atom. The van der Waals surface area contributed by atoms with Crippen molar-refractivity contribution in [3.05, 3.63) is 0 Å². The summed E-state index contributed by atoms with van der Waals surface area (Å²) in [6.45, 7) is 5.95. The second-order valence-electron chi connectivity index (χ2n) is 4.26. The highest BCUT2D eigenvalue weighted by atomic mass is 31.2. The van der Waals surface area contributed by atoms with Crippen molar-refractivity contribution in [1.29, 1.82) is 0 Å². The molecule has 5 nitrogen and oxygen atoms in total. The molecule has 0 heterocycles. The highest BCUT2D eigenvalue weighted by Crippen LogP contribution is 2.42. The summed E-state index contributed by atoms with van der Waals surface area (Å²) < 4.78 is 16.0. The van der Waals surface area contributed by atoms with Gasteiger partial charge in [0, 0.05) is 0 Å².